The molecule has 3 heterocycles. The first-order valence-corrected chi connectivity index (χ1v) is 9.05. The first-order chi connectivity index (χ1) is 13.2. The third kappa shape index (κ3) is 4.02. The lowest BCUT2D eigenvalue weighted by molar-refractivity contribution is -0.121. The van der Waals surface area contributed by atoms with Crippen LogP contribution >= 0.6 is 0 Å². The van der Waals surface area contributed by atoms with Crippen LogP contribution in [0.4, 0.5) is 4.39 Å². The number of carbonyl (C=O) groups excluding carboxylic acids is 1. The summed E-state index contributed by atoms with van der Waals surface area (Å²) in [6.07, 6.45) is 6.03. The third-order valence-electron chi connectivity index (χ3n) is 4.80. The van der Waals surface area contributed by atoms with Crippen molar-refractivity contribution in [3.05, 3.63) is 66.0 Å². The van der Waals surface area contributed by atoms with Crippen molar-refractivity contribution >= 4 is 5.91 Å². The van der Waals surface area contributed by atoms with Gasteiger partial charge in [0.2, 0.25) is 5.91 Å². The van der Waals surface area contributed by atoms with E-state index in [2.05, 4.69) is 25.1 Å². The van der Waals surface area contributed by atoms with Crippen LogP contribution in [0.5, 0.6) is 0 Å². The molecule has 1 N–H and O–H groups in total. The molecule has 1 unspecified atom stereocenters. The quantitative estimate of drug-likeness (QED) is 0.771. The van der Waals surface area contributed by atoms with E-state index in [1.54, 1.807) is 24.5 Å². The number of fused-ring (bicyclic) bond motifs is 1. The molecule has 0 bridgehead atoms. The van der Waals surface area contributed by atoms with Crippen LogP contribution < -0.4 is 5.32 Å². The number of benzene rings is 1. The van der Waals surface area contributed by atoms with Crippen LogP contribution in [0.15, 0.2) is 48.8 Å². The molecule has 0 aliphatic carbocycles. The average molecular weight is 365 g/mol. The van der Waals surface area contributed by atoms with Gasteiger partial charge in [-0.25, -0.2) is 4.39 Å². The monoisotopic (exact) mass is 365 g/mol. The Kier molecular flexibility index (Phi) is 4.91. The number of nitrogens with one attached hydrogen (secondary N) is 1. The van der Waals surface area contributed by atoms with Gasteiger partial charge in [-0.3, -0.25) is 9.78 Å². The average Bonchev–Trinajstić information content (AvgIpc) is 2.97. The van der Waals surface area contributed by atoms with Gasteiger partial charge in [0.1, 0.15) is 11.6 Å². The predicted molar refractivity (Wildman–Crippen MR) is 98.2 cm³/mol. The number of aromatic nitrogens is 4. The molecule has 1 aliphatic rings. The highest BCUT2D eigenvalue weighted by atomic mass is 19.1. The maximum Gasteiger partial charge on any atom is 0.224 e. The molecule has 27 heavy (non-hydrogen) atoms. The number of carbonyl (C=O) groups is 1. The number of halogens is 1. The largest absolute Gasteiger partial charge is 0.353 e. The molecule has 0 fully saturated rings. The van der Waals surface area contributed by atoms with Crippen molar-refractivity contribution in [1.82, 2.24) is 25.1 Å². The summed E-state index contributed by atoms with van der Waals surface area (Å²) < 4.78 is 15.4. The van der Waals surface area contributed by atoms with Crippen molar-refractivity contribution in [1.29, 1.82) is 0 Å². The van der Waals surface area contributed by atoms with E-state index in [9.17, 15) is 9.18 Å². The van der Waals surface area contributed by atoms with E-state index in [0.717, 1.165) is 43.0 Å². The Morgan fingerprint density at radius 3 is 2.85 bits per heavy atom. The van der Waals surface area contributed by atoms with E-state index in [1.807, 2.05) is 12.1 Å². The molecule has 1 aromatic carbocycles. The SMILES string of the molecule is O=C(Cc1cccc(F)c1)NC1CCc2nnc(-c3ccncc3)n2CC1. The minimum atomic E-state index is -0.323. The zero-order chi connectivity index (χ0) is 18.6. The zero-order valence-electron chi connectivity index (χ0n) is 14.8. The number of rotatable bonds is 4. The fraction of sp³-hybridized carbons (Fsp3) is 0.300. The van der Waals surface area contributed by atoms with E-state index in [1.165, 1.54) is 12.1 Å². The second-order valence-electron chi connectivity index (χ2n) is 6.73. The Hall–Kier alpha value is -3.09. The predicted octanol–water partition coefficient (Wildman–Crippen LogP) is 2.54. The maximum absolute atomic E-state index is 13.3. The van der Waals surface area contributed by atoms with Gasteiger partial charge in [-0.15, -0.1) is 10.2 Å². The van der Waals surface area contributed by atoms with Crippen molar-refractivity contribution in [2.75, 3.05) is 0 Å². The number of amides is 1. The van der Waals surface area contributed by atoms with Gasteiger partial charge in [0.05, 0.1) is 6.42 Å². The maximum atomic E-state index is 13.3. The molecule has 0 saturated heterocycles. The Morgan fingerprint density at radius 2 is 2.04 bits per heavy atom. The van der Waals surface area contributed by atoms with Crippen LogP contribution in [-0.2, 0) is 24.2 Å². The van der Waals surface area contributed by atoms with Crippen molar-refractivity contribution < 1.29 is 9.18 Å². The van der Waals surface area contributed by atoms with Crippen molar-refractivity contribution in [2.24, 2.45) is 0 Å². The highest BCUT2D eigenvalue weighted by molar-refractivity contribution is 5.78. The standard InChI is InChI=1S/C20H20FN5O/c21-16-3-1-2-14(12-16)13-19(27)23-17-4-5-18-24-25-20(26(18)11-8-17)15-6-9-22-10-7-15/h1-3,6-7,9-10,12,17H,4-5,8,11,13H2,(H,23,27). The fourth-order valence-corrected chi connectivity index (χ4v) is 3.46. The number of hydrogen-bond donors (Lipinski definition) is 1. The van der Waals surface area contributed by atoms with Crippen LogP contribution in [0, 0.1) is 5.82 Å². The van der Waals surface area contributed by atoms with E-state index >= 15 is 0 Å². The van der Waals surface area contributed by atoms with E-state index in [0.29, 0.717) is 5.56 Å². The molecule has 138 valence electrons. The highest BCUT2D eigenvalue weighted by Gasteiger charge is 2.22. The number of pyridine rings is 1. The minimum Gasteiger partial charge on any atom is -0.353 e. The van der Waals surface area contributed by atoms with E-state index in [-0.39, 0.29) is 24.2 Å². The third-order valence-corrected chi connectivity index (χ3v) is 4.80. The second kappa shape index (κ2) is 7.65. The van der Waals surface area contributed by atoms with Gasteiger partial charge in [-0.05, 0) is 42.7 Å². The molecular formula is C20H20FN5O. The van der Waals surface area contributed by atoms with Gasteiger partial charge in [0, 0.05) is 37.0 Å². The zero-order valence-corrected chi connectivity index (χ0v) is 14.8. The van der Waals surface area contributed by atoms with E-state index < -0.39 is 0 Å². The van der Waals surface area contributed by atoms with Crippen LogP contribution in [0.25, 0.3) is 11.4 Å². The number of aryl methyl sites for hydroxylation is 1. The smallest absolute Gasteiger partial charge is 0.224 e. The lowest BCUT2D eigenvalue weighted by atomic mass is 10.1. The molecular weight excluding hydrogens is 345 g/mol. The normalized spacial score (nSPS) is 16.4. The lowest BCUT2D eigenvalue weighted by Crippen LogP contribution is -2.36. The molecule has 6 nitrogen and oxygen atoms in total. The summed E-state index contributed by atoms with van der Waals surface area (Å²) in [5, 5.41) is 11.7. The van der Waals surface area contributed by atoms with Gasteiger partial charge in [-0.1, -0.05) is 12.1 Å². The minimum absolute atomic E-state index is 0.0676. The summed E-state index contributed by atoms with van der Waals surface area (Å²) in [5.41, 5.74) is 1.66. The first kappa shape index (κ1) is 17.3. The molecule has 1 amide bonds. The van der Waals surface area contributed by atoms with E-state index in [4.69, 9.17) is 0 Å². The summed E-state index contributed by atoms with van der Waals surface area (Å²) in [4.78, 5) is 16.4. The lowest BCUT2D eigenvalue weighted by Gasteiger charge is -2.16. The Bertz CT molecular complexity index is 941. The number of hydrogen-bond acceptors (Lipinski definition) is 4. The molecule has 0 saturated carbocycles. The molecule has 1 atom stereocenters. The van der Waals surface area contributed by atoms with Gasteiger partial charge >= 0.3 is 0 Å². The molecule has 7 heteroatoms. The van der Waals surface area contributed by atoms with Crippen LogP contribution in [0.3, 0.4) is 0 Å². The Labute approximate surface area is 156 Å². The summed E-state index contributed by atoms with van der Waals surface area (Å²) in [5.74, 6) is 1.36. The van der Waals surface area contributed by atoms with Crippen molar-refractivity contribution in [2.45, 2.75) is 38.3 Å². The van der Waals surface area contributed by atoms with Gasteiger partial charge in [0.25, 0.3) is 0 Å². The summed E-state index contributed by atoms with van der Waals surface area (Å²) in [6, 6.07) is 10.1. The topological polar surface area (TPSA) is 72.7 Å². The molecule has 3 aromatic rings. The van der Waals surface area contributed by atoms with Gasteiger partial charge < -0.3 is 9.88 Å². The summed E-state index contributed by atoms with van der Waals surface area (Å²) in [7, 11) is 0. The Morgan fingerprint density at radius 1 is 1.19 bits per heavy atom. The molecule has 0 radical (unpaired) electrons. The fourth-order valence-electron chi connectivity index (χ4n) is 3.46. The number of nitrogens with zero attached hydrogens (tertiary/aromatic N) is 4. The van der Waals surface area contributed by atoms with Crippen LogP contribution in [0.1, 0.15) is 24.2 Å². The van der Waals surface area contributed by atoms with Gasteiger partial charge in [-0.2, -0.15) is 0 Å². The summed E-state index contributed by atoms with van der Waals surface area (Å²) >= 11 is 0. The van der Waals surface area contributed by atoms with Crippen LogP contribution in [-0.4, -0.2) is 31.7 Å². The van der Waals surface area contributed by atoms with Gasteiger partial charge in [0.15, 0.2) is 5.82 Å². The summed E-state index contributed by atoms with van der Waals surface area (Å²) in [6.45, 7) is 0.741. The highest BCUT2D eigenvalue weighted by Crippen LogP contribution is 2.22. The van der Waals surface area contributed by atoms with Crippen LogP contribution in [0.2, 0.25) is 0 Å². The second-order valence-corrected chi connectivity index (χ2v) is 6.73. The Balaban J connectivity index is 1.40. The molecule has 4 rings (SSSR count). The molecule has 1 aliphatic heterocycles. The molecule has 0 spiro atoms. The molecule has 2 aromatic heterocycles. The van der Waals surface area contributed by atoms with Crippen molar-refractivity contribution in [3.8, 4) is 11.4 Å². The van der Waals surface area contributed by atoms with Crippen molar-refractivity contribution in [3.63, 3.8) is 0 Å². The first-order valence-electron chi connectivity index (χ1n) is 9.05.